The highest BCUT2D eigenvalue weighted by atomic mass is 19.1. The number of rotatable bonds is 7. The Bertz CT molecular complexity index is 430. The molecule has 0 spiro atoms. The van der Waals surface area contributed by atoms with Crippen LogP contribution in [0.15, 0.2) is 24.3 Å². The molecule has 1 amide bonds. The summed E-state index contributed by atoms with van der Waals surface area (Å²) in [6.45, 7) is 1.52. The van der Waals surface area contributed by atoms with Gasteiger partial charge in [-0.3, -0.25) is 4.79 Å². The molecule has 0 unspecified atom stereocenters. The van der Waals surface area contributed by atoms with Crippen molar-refractivity contribution in [3.8, 4) is 0 Å². The molecule has 1 aliphatic carbocycles. The highest BCUT2D eigenvalue weighted by molar-refractivity contribution is 5.92. The Morgan fingerprint density at radius 1 is 1.19 bits per heavy atom. The third-order valence-electron chi connectivity index (χ3n) is 3.60. The largest absolute Gasteiger partial charge is 0.377 e. The van der Waals surface area contributed by atoms with E-state index >= 15 is 0 Å². The van der Waals surface area contributed by atoms with Gasteiger partial charge >= 0.3 is 0 Å². The lowest BCUT2D eigenvalue weighted by Gasteiger charge is -2.21. The van der Waals surface area contributed by atoms with Crippen molar-refractivity contribution in [2.45, 2.75) is 38.2 Å². The Morgan fingerprint density at radius 2 is 1.90 bits per heavy atom. The molecule has 0 saturated heterocycles. The molecule has 2 N–H and O–H groups in total. The molecule has 0 aliphatic heterocycles. The van der Waals surface area contributed by atoms with E-state index < -0.39 is 0 Å². The van der Waals surface area contributed by atoms with Crippen LogP contribution in [-0.4, -0.2) is 31.7 Å². The van der Waals surface area contributed by atoms with Crippen molar-refractivity contribution in [2.75, 3.05) is 25.0 Å². The second-order valence-corrected chi connectivity index (χ2v) is 5.36. The number of nitrogens with one attached hydrogen (secondary N) is 2. The molecule has 21 heavy (non-hydrogen) atoms. The number of carbonyl (C=O) groups excluding carboxylic acids is 1. The van der Waals surface area contributed by atoms with Crippen LogP contribution in [0.3, 0.4) is 0 Å². The zero-order valence-electron chi connectivity index (χ0n) is 12.2. The van der Waals surface area contributed by atoms with Crippen molar-refractivity contribution in [1.82, 2.24) is 5.32 Å². The lowest BCUT2D eigenvalue weighted by atomic mass is 9.98. The predicted octanol–water partition coefficient (Wildman–Crippen LogP) is 2.70. The summed E-state index contributed by atoms with van der Waals surface area (Å²) in [4.78, 5) is 11.7. The van der Waals surface area contributed by atoms with Gasteiger partial charge in [0.1, 0.15) is 5.82 Å². The fraction of sp³-hybridized carbons (Fsp3) is 0.562. The minimum atomic E-state index is -0.314. The minimum Gasteiger partial charge on any atom is -0.377 e. The van der Waals surface area contributed by atoms with Crippen molar-refractivity contribution in [3.05, 3.63) is 30.1 Å². The second kappa shape index (κ2) is 8.74. The minimum absolute atomic E-state index is 0.140. The van der Waals surface area contributed by atoms with Gasteiger partial charge in [0.05, 0.1) is 19.3 Å². The molecule has 1 aromatic rings. The van der Waals surface area contributed by atoms with Gasteiger partial charge in [-0.25, -0.2) is 4.39 Å². The van der Waals surface area contributed by atoms with Crippen molar-refractivity contribution >= 4 is 11.6 Å². The molecule has 2 rings (SSSR count). The van der Waals surface area contributed by atoms with Crippen LogP contribution in [0.4, 0.5) is 10.1 Å². The van der Waals surface area contributed by atoms with Gasteiger partial charge in [0.2, 0.25) is 5.91 Å². The molecule has 1 saturated carbocycles. The quantitative estimate of drug-likeness (QED) is 0.760. The number of hydrogen-bond acceptors (Lipinski definition) is 3. The molecule has 4 nitrogen and oxygen atoms in total. The van der Waals surface area contributed by atoms with Gasteiger partial charge in [0.25, 0.3) is 0 Å². The highest BCUT2D eigenvalue weighted by Crippen LogP contribution is 2.19. The Hall–Kier alpha value is -1.46. The first kappa shape index (κ1) is 15.9. The van der Waals surface area contributed by atoms with Gasteiger partial charge < -0.3 is 15.4 Å². The number of benzene rings is 1. The zero-order chi connectivity index (χ0) is 14.9. The maximum atomic E-state index is 12.7. The Kier molecular flexibility index (Phi) is 6.63. The summed E-state index contributed by atoms with van der Waals surface area (Å²) in [7, 11) is 0. The first-order valence-corrected chi connectivity index (χ1v) is 7.62. The molecule has 5 heteroatoms. The molecule has 1 aliphatic rings. The second-order valence-electron chi connectivity index (χ2n) is 5.36. The van der Waals surface area contributed by atoms with Crippen molar-refractivity contribution in [2.24, 2.45) is 0 Å². The molecule has 0 heterocycles. The highest BCUT2D eigenvalue weighted by Gasteiger charge is 2.13. The molecule has 1 fully saturated rings. The zero-order valence-corrected chi connectivity index (χ0v) is 12.2. The van der Waals surface area contributed by atoms with Gasteiger partial charge in [-0.2, -0.15) is 0 Å². The van der Waals surface area contributed by atoms with Gasteiger partial charge in [-0.15, -0.1) is 0 Å². The third kappa shape index (κ3) is 6.23. The Balaban J connectivity index is 1.53. The third-order valence-corrected chi connectivity index (χ3v) is 3.60. The van der Waals surface area contributed by atoms with Crippen LogP contribution in [0.1, 0.15) is 32.1 Å². The van der Waals surface area contributed by atoms with Crippen molar-refractivity contribution in [3.63, 3.8) is 0 Å². The SMILES string of the molecule is O=C(CNCCOC1CCCCC1)Nc1ccc(F)cc1. The molecule has 0 radical (unpaired) electrons. The number of carbonyl (C=O) groups is 1. The van der Waals surface area contributed by atoms with Crippen molar-refractivity contribution < 1.29 is 13.9 Å². The molecule has 0 atom stereocenters. The van der Waals surface area contributed by atoms with Gasteiger partial charge in [-0.05, 0) is 37.1 Å². The van der Waals surface area contributed by atoms with E-state index in [1.807, 2.05) is 0 Å². The summed E-state index contributed by atoms with van der Waals surface area (Å²) in [5, 5.41) is 5.75. The lowest BCUT2D eigenvalue weighted by Crippen LogP contribution is -2.31. The fourth-order valence-corrected chi connectivity index (χ4v) is 2.47. The molecule has 1 aromatic carbocycles. The number of ether oxygens (including phenoxy) is 1. The van der Waals surface area contributed by atoms with Crippen molar-refractivity contribution in [1.29, 1.82) is 0 Å². The smallest absolute Gasteiger partial charge is 0.238 e. The van der Waals surface area contributed by atoms with E-state index in [0.717, 1.165) is 12.8 Å². The summed E-state index contributed by atoms with van der Waals surface area (Å²) in [5.41, 5.74) is 0.599. The first-order valence-electron chi connectivity index (χ1n) is 7.62. The van der Waals surface area contributed by atoms with Crippen LogP contribution >= 0.6 is 0 Å². The van der Waals surface area contributed by atoms with E-state index in [9.17, 15) is 9.18 Å². The predicted molar refractivity (Wildman–Crippen MR) is 80.7 cm³/mol. The summed E-state index contributed by atoms with van der Waals surface area (Å²) < 4.78 is 18.5. The van der Waals surface area contributed by atoms with Crippen LogP contribution < -0.4 is 10.6 Å². The molecular formula is C16H23FN2O2. The molecule has 116 valence electrons. The standard InChI is InChI=1S/C16H23FN2O2/c17-13-6-8-14(9-7-13)19-16(20)12-18-10-11-21-15-4-2-1-3-5-15/h6-9,15,18H,1-5,10-12H2,(H,19,20). The average molecular weight is 294 g/mol. The van der Waals surface area contributed by atoms with Crippen LogP contribution in [0, 0.1) is 5.82 Å². The number of anilines is 1. The maximum absolute atomic E-state index is 12.7. The average Bonchev–Trinajstić information content (AvgIpc) is 2.50. The fourth-order valence-electron chi connectivity index (χ4n) is 2.47. The van der Waals surface area contributed by atoms with Gasteiger partial charge in [-0.1, -0.05) is 19.3 Å². The Labute approximate surface area is 125 Å². The normalized spacial score (nSPS) is 15.9. The van der Waals surface area contributed by atoms with Crippen LogP contribution in [0.5, 0.6) is 0 Å². The van der Waals surface area contributed by atoms with E-state index in [2.05, 4.69) is 10.6 Å². The van der Waals surface area contributed by atoms with Crippen LogP contribution in [0.2, 0.25) is 0 Å². The molecule has 0 bridgehead atoms. The van der Waals surface area contributed by atoms with Gasteiger partial charge in [0.15, 0.2) is 0 Å². The van der Waals surface area contributed by atoms with Crippen LogP contribution in [-0.2, 0) is 9.53 Å². The van der Waals surface area contributed by atoms with Gasteiger partial charge in [0, 0.05) is 12.2 Å². The first-order chi connectivity index (χ1) is 10.2. The number of hydrogen-bond donors (Lipinski definition) is 2. The van der Waals surface area contributed by atoms with E-state index in [1.54, 1.807) is 12.1 Å². The number of amides is 1. The van der Waals surface area contributed by atoms with E-state index in [4.69, 9.17) is 4.74 Å². The Morgan fingerprint density at radius 3 is 2.62 bits per heavy atom. The summed E-state index contributed by atoms with van der Waals surface area (Å²) >= 11 is 0. The molecular weight excluding hydrogens is 271 g/mol. The lowest BCUT2D eigenvalue weighted by molar-refractivity contribution is -0.115. The maximum Gasteiger partial charge on any atom is 0.238 e. The molecule has 0 aromatic heterocycles. The van der Waals surface area contributed by atoms with E-state index in [-0.39, 0.29) is 18.3 Å². The topological polar surface area (TPSA) is 50.4 Å². The van der Waals surface area contributed by atoms with Crippen LogP contribution in [0.25, 0.3) is 0 Å². The van der Waals surface area contributed by atoms with E-state index in [0.29, 0.717) is 24.9 Å². The summed E-state index contributed by atoms with van der Waals surface area (Å²) in [6.07, 6.45) is 6.56. The summed E-state index contributed by atoms with van der Waals surface area (Å²) in [5.74, 6) is -0.453. The van der Waals surface area contributed by atoms with E-state index in [1.165, 1.54) is 31.4 Å². The number of halogens is 1. The monoisotopic (exact) mass is 294 g/mol. The summed E-state index contributed by atoms with van der Waals surface area (Å²) in [6, 6.07) is 5.72.